The third kappa shape index (κ3) is 2.91. The van der Waals surface area contributed by atoms with Crippen molar-refractivity contribution in [3.63, 3.8) is 0 Å². The van der Waals surface area contributed by atoms with Crippen LogP contribution in [0.2, 0.25) is 0 Å². The van der Waals surface area contributed by atoms with Gasteiger partial charge < -0.3 is 9.47 Å². The number of cyclic esters (lactones) is 1. The number of nitrogens with zero attached hydrogens (tertiary/aromatic N) is 2. The first-order valence-corrected chi connectivity index (χ1v) is 7.77. The number of thiophene rings is 1. The zero-order valence-electron chi connectivity index (χ0n) is 12.8. The summed E-state index contributed by atoms with van der Waals surface area (Å²) in [7, 11) is 1.42. The highest BCUT2D eigenvalue weighted by atomic mass is 32.1. The summed E-state index contributed by atoms with van der Waals surface area (Å²) in [4.78, 5) is 27.5. The van der Waals surface area contributed by atoms with E-state index in [-0.39, 0.29) is 22.8 Å². The van der Waals surface area contributed by atoms with E-state index in [2.05, 4.69) is 4.99 Å². The maximum absolute atomic E-state index is 12.0. The van der Waals surface area contributed by atoms with Crippen LogP contribution >= 0.6 is 11.3 Å². The third-order valence-corrected chi connectivity index (χ3v) is 4.38. The van der Waals surface area contributed by atoms with Crippen molar-refractivity contribution in [1.82, 2.24) is 0 Å². The minimum atomic E-state index is -0.605. The van der Waals surface area contributed by atoms with E-state index in [4.69, 9.17) is 9.47 Å². The van der Waals surface area contributed by atoms with Crippen molar-refractivity contribution in [1.29, 1.82) is 0 Å². The minimum absolute atomic E-state index is 0.0130. The van der Waals surface area contributed by atoms with Crippen molar-refractivity contribution in [2.24, 2.45) is 4.99 Å². The van der Waals surface area contributed by atoms with E-state index in [0.717, 1.165) is 10.4 Å². The van der Waals surface area contributed by atoms with Gasteiger partial charge in [-0.3, -0.25) is 10.1 Å². The number of benzene rings is 1. The first kappa shape index (κ1) is 15.9. The number of esters is 1. The number of hydrogen-bond donors (Lipinski definition) is 0. The molecule has 0 unspecified atom stereocenters. The van der Waals surface area contributed by atoms with Gasteiger partial charge >= 0.3 is 5.97 Å². The van der Waals surface area contributed by atoms with Gasteiger partial charge in [0.05, 0.1) is 17.6 Å². The molecule has 0 spiro atoms. The molecule has 0 saturated heterocycles. The molecule has 0 N–H and O–H groups in total. The van der Waals surface area contributed by atoms with Crippen LogP contribution in [0.4, 0.5) is 5.69 Å². The lowest BCUT2D eigenvalue weighted by Gasteiger charge is -2.06. The highest BCUT2D eigenvalue weighted by Crippen LogP contribution is 2.29. The van der Waals surface area contributed by atoms with E-state index in [1.807, 2.05) is 18.4 Å². The third-order valence-electron chi connectivity index (χ3n) is 3.41. The molecule has 1 aromatic heterocycles. The Morgan fingerprint density at radius 3 is 2.79 bits per heavy atom. The molecular formula is C16H12N2O5S. The summed E-state index contributed by atoms with van der Waals surface area (Å²) in [6, 6.07) is 5.95. The normalized spacial score (nSPS) is 15.3. The summed E-state index contributed by atoms with van der Waals surface area (Å²) >= 11 is 1.48. The highest BCUT2D eigenvalue weighted by Gasteiger charge is 2.28. The van der Waals surface area contributed by atoms with Crippen LogP contribution in [0.25, 0.3) is 6.08 Å². The standard InChI is InChI=1S/C16H12N2O5S/c1-9-5-6-24-14(9)8-12-16(19)23-15(17-12)11-7-10(18(20)21)3-4-13(11)22-2/h3-8H,1-2H3. The van der Waals surface area contributed by atoms with Crippen molar-refractivity contribution < 1.29 is 19.2 Å². The van der Waals surface area contributed by atoms with E-state index in [0.29, 0.717) is 5.75 Å². The van der Waals surface area contributed by atoms with E-state index in [1.54, 1.807) is 6.08 Å². The first-order chi connectivity index (χ1) is 11.5. The van der Waals surface area contributed by atoms with Gasteiger partial charge in [0.25, 0.3) is 5.69 Å². The van der Waals surface area contributed by atoms with Crippen molar-refractivity contribution in [2.45, 2.75) is 6.92 Å². The molecule has 0 aliphatic carbocycles. The van der Waals surface area contributed by atoms with E-state index >= 15 is 0 Å². The van der Waals surface area contributed by atoms with Crippen molar-refractivity contribution >= 4 is 35.0 Å². The maximum Gasteiger partial charge on any atom is 0.363 e. The molecule has 0 amide bonds. The Morgan fingerprint density at radius 2 is 2.17 bits per heavy atom. The number of carbonyl (C=O) groups excluding carboxylic acids is 1. The molecule has 0 saturated carbocycles. The number of carbonyl (C=O) groups is 1. The molecule has 1 aliphatic heterocycles. The monoisotopic (exact) mass is 344 g/mol. The first-order valence-electron chi connectivity index (χ1n) is 6.89. The zero-order valence-corrected chi connectivity index (χ0v) is 13.6. The number of hydrogen-bond acceptors (Lipinski definition) is 7. The molecular weight excluding hydrogens is 332 g/mol. The number of ether oxygens (including phenoxy) is 2. The van der Waals surface area contributed by atoms with Gasteiger partial charge in [0.2, 0.25) is 5.90 Å². The molecule has 7 nitrogen and oxygen atoms in total. The largest absolute Gasteiger partial charge is 0.496 e. The van der Waals surface area contributed by atoms with E-state index in [1.165, 1.54) is 36.6 Å². The van der Waals surface area contributed by atoms with Crippen LogP contribution < -0.4 is 4.74 Å². The molecule has 1 aromatic carbocycles. The molecule has 24 heavy (non-hydrogen) atoms. The summed E-state index contributed by atoms with van der Waals surface area (Å²) in [5.41, 5.74) is 1.28. The second kappa shape index (κ2) is 6.25. The van der Waals surface area contributed by atoms with Crippen molar-refractivity contribution in [3.8, 4) is 5.75 Å². The number of nitro groups is 1. The van der Waals surface area contributed by atoms with Crippen LogP contribution in [0.5, 0.6) is 5.75 Å². The average Bonchev–Trinajstić information content (AvgIpc) is 3.13. The minimum Gasteiger partial charge on any atom is -0.496 e. The van der Waals surface area contributed by atoms with Crippen molar-refractivity contribution in [2.75, 3.05) is 7.11 Å². The van der Waals surface area contributed by atoms with Crippen LogP contribution in [0, 0.1) is 17.0 Å². The Morgan fingerprint density at radius 1 is 1.38 bits per heavy atom. The topological polar surface area (TPSA) is 91.0 Å². The Labute approximate surface area is 141 Å². The average molecular weight is 344 g/mol. The molecule has 0 atom stereocenters. The molecule has 0 fully saturated rings. The molecule has 3 rings (SSSR count). The summed E-state index contributed by atoms with van der Waals surface area (Å²) in [6.45, 7) is 1.93. The van der Waals surface area contributed by atoms with Gasteiger partial charge in [0.1, 0.15) is 5.75 Å². The number of rotatable bonds is 4. The second-order valence-electron chi connectivity index (χ2n) is 4.95. The predicted octanol–water partition coefficient (Wildman–Crippen LogP) is 3.32. The fourth-order valence-corrected chi connectivity index (χ4v) is 3.01. The van der Waals surface area contributed by atoms with Gasteiger partial charge in [-0.25, -0.2) is 9.79 Å². The summed E-state index contributed by atoms with van der Waals surface area (Å²) in [5.74, 6) is -0.284. The Kier molecular flexibility index (Phi) is 4.13. The quantitative estimate of drug-likeness (QED) is 0.367. The number of methoxy groups -OCH3 is 1. The van der Waals surface area contributed by atoms with Crippen molar-refractivity contribution in [3.05, 3.63) is 61.5 Å². The van der Waals surface area contributed by atoms with E-state index < -0.39 is 10.9 Å². The highest BCUT2D eigenvalue weighted by molar-refractivity contribution is 7.11. The second-order valence-corrected chi connectivity index (χ2v) is 5.89. The van der Waals surface area contributed by atoms with Gasteiger partial charge in [-0.2, -0.15) is 0 Å². The number of nitro benzene ring substituents is 1. The van der Waals surface area contributed by atoms with Gasteiger partial charge in [-0.15, -0.1) is 11.3 Å². The lowest BCUT2D eigenvalue weighted by atomic mass is 10.1. The van der Waals surface area contributed by atoms with Gasteiger partial charge in [-0.05, 0) is 36.1 Å². The fourth-order valence-electron chi connectivity index (χ4n) is 2.16. The lowest BCUT2D eigenvalue weighted by Crippen LogP contribution is -2.07. The molecule has 0 bridgehead atoms. The molecule has 2 heterocycles. The van der Waals surface area contributed by atoms with Crippen LogP contribution in [-0.2, 0) is 9.53 Å². The molecule has 122 valence electrons. The van der Waals surface area contributed by atoms with Crippen LogP contribution in [0.3, 0.4) is 0 Å². The fraction of sp³-hybridized carbons (Fsp3) is 0.125. The summed E-state index contributed by atoms with van der Waals surface area (Å²) < 4.78 is 10.3. The predicted molar refractivity (Wildman–Crippen MR) is 89.3 cm³/mol. The number of aryl methyl sites for hydroxylation is 1. The zero-order chi connectivity index (χ0) is 17.3. The maximum atomic E-state index is 12.0. The Balaban J connectivity index is 2.04. The molecule has 0 radical (unpaired) electrons. The molecule has 8 heteroatoms. The summed E-state index contributed by atoms with van der Waals surface area (Å²) in [5, 5.41) is 12.9. The van der Waals surface area contributed by atoms with Gasteiger partial charge in [0.15, 0.2) is 5.70 Å². The Hall–Kier alpha value is -3.00. The van der Waals surface area contributed by atoms with Gasteiger partial charge in [-0.1, -0.05) is 0 Å². The molecule has 1 aliphatic rings. The van der Waals surface area contributed by atoms with Crippen LogP contribution in [0.1, 0.15) is 16.0 Å². The summed E-state index contributed by atoms with van der Waals surface area (Å²) in [6.07, 6.45) is 1.64. The van der Waals surface area contributed by atoms with Crippen LogP contribution in [-0.4, -0.2) is 23.9 Å². The number of non-ortho nitro benzene ring substituents is 1. The SMILES string of the molecule is COc1ccc([N+](=O)[O-])cc1C1=NC(=Cc2sccc2C)C(=O)O1. The molecule has 2 aromatic rings. The Bertz CT molecular complexity index is 898. The van der Waals surface area contributed by atoms with Gasteiger partial charge in [0, 0.05) is 17.0 Å². The van der Waals surface area contributed by atoms with E-state index in [9.17, 15) is 14.9 Å². The number of aliphatic imine (C=N–C) groups is 1. The van der Waals surface area contributed by atoms with Crippen LogP contribution in [0.15, 0.2) is 40.3 Å². The smallest absolute Gasteiger partial charge is 0.363 e. The lowest BCUT2D eigenvalue weighted by molar-refractivity contribution is -0.384.